The van der Waals surface area contributed by atoms with Crippen LogP contribution < -0.4 is 10.2 Å². The molecule has 1 aromatic rings. The second kappa shape index (κ2) is 6.52. The van der Waals surface area contributed by atoms with Crippen molar-refractivity contribution < 1.29 is 9.59 Å². The average molecular weight is 275 g/mol. The van der Waals surface area contributed by atoms with E-state index in [2.05, 4.69) is 5.32 Å². The van der Waals surface area contributed by atoms with Crippen molar-refractivity contribution in [1.82, 2.24) is 10.2 Å². The number of benzene rings is 1. The monoisotopic (exact) mass is 275 g/mol. The summed E-state index contributed by atoms with van der Waals surface area (Å²) in [5.41, 5.74) is 2.01. The minimum absolute atomic E-state index is 0.0269. The molecule has 108 valence electrons. The Hall–Kier alpha value is -1.88. The zero-order chi connectivity index (χ0) is 14.5. The lowest BCUT2D eigenvalue weighted by atomic mass is 10.0. The highest BCUT2D eigenvalue weighted by Gasteiger charge is 2.26. The Morgan fingerprint density at radius 3 is 2.85 bits per heavy atom. The van der Waals surface area contributed by atoms with E-state index < -0.39 is 0 Å². The fourth-order valence-corrected chi connectivity index (χ4v) is 2.33. The summed E-state index contributed by atoms with van der Waals surface area (Å²) in [6.07, 6.45) is 1.24. The summed E-state index contributed by atoms with van der Waals surface area (Å²) in [7, 11) is 3.61. The highest BCUT2D eigenvalue weighted by Crippen LogP contribution is 2.27. The Kier molecular flexibility index (Phi) is 4.74. The molecule has 1 aromatic carbocycles. The number of carbonyl (C=O) groups is 2. The van der Waals surface area contributed by atoms with Gasteiger partial charge in [-0.2, -0.15) is 0 Å². The van der Waals surface area contributed by atoms with Crippen LogP contribution in [-0.2, 0) is 16.0 Å². The van der Waals surface area contributed by atoms with Gasteiger partial charge in [0.2, 0.25) is 11.8 Å². The van der Waals surface area contributed by atoms with Crippen LogP contribution in [-0.4, -0.2) is 50.4 Å². The van der Waals surface area contributed by atoms with Crippen LogP contribution in [0.5, 0.6) is 0 Å². The quantitative estimate of drug-likeness (QED) is 0.858. The Balaban J connectivity index is 2.08. The molecule has 0 radical (unpaired) electrons. The van der Waals surface area contributed by atoms with Crippen molar-refractivity contribution in [3.05, 3.63) is 29.8 Å². The third kappa shape index (κ3) is 3.17. The van der Waals surface area contributed by atoms with Crippen molar-refractivity contribution in [3.63, 3.8) is 0 Å². The molecule has 0 bridgehead atoms. The molecule has 5 nitrogen and oxygen atoms in total. The van der Waals surface area contributed by atoms with E-state index in [1.165, 1.54) is 0 Å². The molecule has 0 atom stereocenters. The molecule has 0 aromatic heterocycles. The van der Waals surface area contributed by atoms with Crippen molar-refractivity contribution in [3.8, 4) is 0 Å². The maximum atomic E-state index is 12.2. The van der Waals surface area contributed by atoms with E-state index in [0.29, 0.717) is 13.0 Å². The van der Waals surface area contributed by atoms with Crippen LogP contribution in [0.25, 0.3) is 0 Å². The first-order valence-electron chi connectivity index (χ1n) is 6.90. The van der Waals surface area contributed by atoms with Crippen LogP contribution >= 0.6 is 0 Å². The summed E-state index contributed by atoms with van der Waals surface area (Å²) >= 11 is 0. The van der Waals surface area contributed by atoms with E-state index in [-0.39, 0.29) is 18.4 Å². The summed E-state index contributed by atoms with van der Waals surface area (Å²) in [5.74, 6) is -0.00984. The number of amides is 2. The molecule has 20 heavy (non-hydrogen) atoms. The molecule has 1 heterocycles. The Labute approximate surface area is 119 Å². The minimum atomic E-state index is -0.0368. The van der Waals surface area contributed by atoms with Gasteiger partial charge in [-0.15, -0.1) is 0 Å². The molecule has 1 N–H and O–H groups in total. The van der Waals surface area contributed by atoms with Crippen molar-refractivity contribution in [1.29, 1.82) is 0 Å². The maximum Gasteiger partial charge on any atom is 0.242 e. The Bertz CT molecular complexity index is 502. The molecule has 2 amide bonds. The van der Waals surface area contributed by atoms with Gasteiger partial charge in [-0.25, -0.2) is 0 Å². The number of anilines is 1. The fraction of sp³-hybridized carbons (Fsp3) is 0.467. The summed E-state index contributed by atoms with van der Waals surface area (Å²) in [6.45, 7) is 1.50. The van der Waals surface area contributed by atoms with E-state index in [1.807, 2.05) is 31.3 Å². The van der Waals surface area contributed by atoms with Crippen molar-refractivity contribution in [2.45, 2.75) is 12.8 Å². The largest absolute Gasteiger partial charge is 0.343 e. The van der Waals surface area contributed by atoms with Gasteiger partial charge in [0.25, 0.3) is 0 Å². The topological polar surface area (TPSA) is 52.7 Å². The molecule has 0 spiro atoms. The van der Waals surface area contributed by atoms with Gasteiger partial charge in [-0.05, 0) is 25.1 Å². The van der Waals surface area contributed by atoms with Crippen LogP contribution in [0, 0.1) is 0 Å². The summed E-state index contributed by atoms with van der Waals surface area (Å²) < 4.78 is 0. The molecule has 0 unspecified atom stereocenters. The molecular formula is C15H21N3O2. The van der Waals surface area contributed by atoms with Crippen LogP contribution in [0.4, 0.5) is 5.69 Å². The third-order valence-electron chi connectivity index (χ3n) is 3.61. The van der Waals surface area contributed by atoms with Gasteiger partial charge in [0, 0.05) is 32.2 Å². The first kappa shape index (κ1) is 14.5. The van der Waals surface area contributed by atoms with Crippen LogP contribution in [0.1, 0.15) is 12.0 Å². The molecular weight excluding hydrogens is 254 g/mol. The van der Waals surface area contributed by atoms with E-state index in [9.17, 15) is 9.59 Å². The molecule has 0 fully saturated rings. The number of aryl methyl sites for hydroxylation is 1. The van der Waals surface area contributed by atoms with E-state index >= 15 is 0 Å². The van der Waals surface area contributed by atoms with Crippen LogP contribution in [0.3, 0.4) is 0 Å². The molecule has 0 saturated carbocycles. The van der Waals surface area contributed by atoms with Gasteiger partial charge in [0.05, 0.1) is 0 Å². The minimum Gasteiger partial charge on any atom is -0.343 e. The number of nitrogens with one attached hydrogen (secondary N) is 1. The van der Waals surface area contributed by atoms with Crippen molar-refractivity contribution >= 4 is 17.5 Å². The number of hydrogen-bond donors (Lipinski definition) is 1. The van der Waals surface area contributed by atoms with Gasteiger partial charge in [-0.3, -0.25) is 9.59 Å². The van der Waals surface area contributed by atoms with Gasteiger partial charge >= 0.3 is 0 Å². The van der Waals surface area contributed by atoms with Gasteiger partial charge < -0.3 is 15.1 Å². The summed E-state index contributed by atoms with van der Waals surface area (Å²) in [5, 5.41) is 3.01. The summed E-state index contributed by atoms with van der Waals surface area (Å²) in [4.78, 5) is 27.5. The zero-order valence-corrected chi connectivity index (χ0v) is 12.1. The smallest absolute Gasteiger partial charge is 0.242 e. The maximum absolute atomic E-state index is 12.2. The molecule has 5 heteroatoms. The number of carbonyl (C=O) groups excluding carboxylic acids is 2. The molecule has 1 aliphatic heterocycles. The number of rotatable bonds is 5. The van der Waals surface area contributed by atoms with Gasteiger partial charge in [0.15, 0.2) is 0 Å². The number of likely N-dealkylation sites (N-methyl/N-ethyl adjacent to an activating group) is 2. The number of para-hydroxylation sites is 1. The number of nitrogens with zero attached hydrogens (tertiary/aromatic N) is 2. The van der Waals surface area contributed by atoms with E-state index in [0.717, 1.165) is 24.2 Å². The second-order valence-corrected chi connectivity index (χ2v) is 5.03. The highest BCUT2D eigenvalue weighted by atomic mass is 16.2. The lowest BCUT2D eigenvalue weighted by Crippen LogP contribution is -2.44. The van der Waals surface area contributed by atoms with Crippen LogP contribution in [0.15, 0.2) is 24.3 Å². The van der Waals surface area contributed by atoms with E-state index in [4.69, 9.17) is 0 Å². The standard InChI is InChI=1S/C15H21N3O2/c1-16-9-10-17(2)15(20)11-18-13-6-4-3-5-12(13)7-8-14(18)19/h3-6,16H,7-11H2,1-2H3. The molecule has 2 rings (SSSR count). The second-order valence-electron chi connectivity index (χ2n) is 5.03. The van der Waals surface area contributed by atoms with Gasteiger partial charge in [0.1, 0.15) is 6.54 Å². The van der Waals surface area contributed by atoms with Crippen molar-refractivity contribution in [2.75, 3.05) is 38.6 Å². The SMILES string of the molecule is CNCCN(C)C(=O)CN1C(=O)CCc2ccccc21. The third-order valence-corrected chi connectivity index (χ3v) is 3.61. The lowest BCUT2D eigenvalue weighted by molar-refractivity contribution is -0.130. The average Bonchev–Trinajstić information content (AvgIpc) is 2.47. The number of fused-ring (bicyclic) bond motifs is 1. The Morgan fingerprint density at radius 2 is 2.10 bits per heavy atom. The van der Waals surface area contributed by atoms with Crippen LogP contribution in [0.2, 0.25) is 0 Å². The Morgan fingerprint density at radius 1 is 1.35 bits per heavy atom. The van der Waals surface area contributed by atoms with Crippen molar-refractivity contribution in [2.24, 2.45) is 0 Å². The summed E-state index contributed by atoms with van der Waals surface area (Å²) in [6, 6.07) is 7.80. The first-order valence-corrected chi connectivity index (χ1v) is 6.90. The number of hydrogen-bond acceptors (Lipinski definition) is 3. The van der Waals surface area contributed by atoms with E-state index in [1.54, 1.807) is 16.8 Å². The molecule has 1 aliphatic rings. The lowest BCUT2D eigenvalue weighted by Gasteiger charge is -2.30. The molecule has 0 saturated heterocycles. The predicted molar refractivity (Wildman–Crippen MR) is 78.7 cm³/mol. The van der Waals surface area contributed by atoms with Gasteiger partial charge in [-0.1, -0.05) is 18.2 Å². The highest BCUT2D eigenvalue weighted by molar-refractivity contribution is 6.00. The first-order chi connectivity index (χ1) is 9.63. The molecule has 0 aliphatic carbocycles. The predicted octanol–water partition coefficient (Wildman–Crippen LogP) is 0.644. The fourth-order valence-electron chi connectivity index (χ4n) is 2.33. The normalized spacial score (nSPS) is 14.1. The zero-order valence-electron chi connectivity index (χ0n) is 12.1.